The van der Waals surface area contributed by atoms with Gasteiger partial charge in [0.05, 0.1) is 6.42 Å². The van der Waals surface area contributed by atoms with Gasteiger partial charge in [0.25, 0.3) is 0 Å². The predicted molar refractivity (Wildman–Crippen MR) is 61.5 cm³/mol. The van der Waals surface area contributed by atoms with Crippen LogP contribution >= 0.6 is 0 Å². The molecule has 3 heteroatoms. The van der Waals surface area contributed by atoms with Crippen molar-refractivity contribution >= 4 is 12.3 Å². The van der Waals surface area contributed by atoms with Crippen molar-refractivity contribution in [2.24, 2.45) is 5.92 Å². The third-order valence-electron chi connectivity index (χ3n) is 2.54. The van der Waals surface area contributed by atoms with Crippen LogP contribution < -0.4 is 0 Å². The Labute approximate surface area is 95.1 Å². The number of carboxylic acid groups (broad SMARTS) is 1. The third kappa shape index (κ3) is 3.50. The van der Waals surface area contributed by atoms with Crippen LogP contribution in [0.4, 0.5) is 0 Å². The highest BCUT2D eigenvalue weighted by Gasteiger charge is 2.07. The summed E-state index contributed by atoms with van der Waals surface area (Å²) >= 11 is 0. The Kier molecular flexibility index (Phi) is 4.23. The van der Waals surface area contributed by atoms with Crippen molar-refractivity contribution in [3.63, 3.8) is 0 Å². The highest BCUT2D eigenvalue weighted by Crippen LogP contribution is 2.15. The van der Waals surface area contributed by atoms with Crippen LogP contribution in [0.15, 0.2) is 18.2 Å². The molecule has 0 aromatic heterocycles. The Bertz CT molecular complexity index is 396. The van der Waals surface area contributed by atoms with Gasteiger partial charge in [-0.2, -0.15) is 0 Å². The molecule has 1 atom stereocenters. The molecule has 0 saturated heterocycles. The highest BCUT2D eigenvalue weighted by molar-refractivity contribution is 5.70. The second-order valence-electron chi connectivity index (χ2n) is 4.15. The van der Waals surface area contributed by atoms with Crippen molar-refractivity contribution in [3.8, 4) is 0 Å². The van der Waals surface area contributed by atoms with Crippen LogP contribution in [-0.4, -0.2) is 17.4 Å². The van der Waals surface area contributed by atoms with Crippen molar-refractivity contribution in [1.82, 2.24) is 0 Å². The summed E-state index contributed by atoms with van der Waals surface area (Å²) < 4.78 is 0. The molecule has 3 nitrogen and oxygen atoms in total. The lowest BCUT2D eigenvalue weighted by Crippen LogP contribution is -2.04. The van der Waals surface area contributed by atoms with E-state index in [1.165, 1.54) is 0 Å². The van der Waals surface area contributed by atoms with Gasteiger partial charge in [0, 0.05) is 5.92 Å². The minimum Gasteiger partial charge on any atom is -0.481 e. The summed E-state index contributed by atoms with van der Waals surface area (Å²) in [6.45, 7) is 3.82. The lowest BCUT2D eigenvalue weighted by molar-refractivity contribution is -0.136. The van der Waals surface area contributed by atoms with Crippen LogP contribution in [0, 0.1) is 12.8 Å². The highest BCUT2D eigenvalue weighted by atomic mass is 16.4. The van der Waals surface area contributed by atoms with Gasteiger partial charge in [-0.15, -0.1) is 0 Å². The maximum atomic E-state index is 10.6. The van der Waals surface area contributed by atoms with Crippen molar-refractivity contribution in [3.05, 3.63) is 34.9 Å². The number of benzene rings is 1. The van der Waals surface area contributed by atoms with Crippen LogP contribution in [0.3, 0.4) is 0 Å². The van der Waals surface area contributed by atoms with Gasteiger partial charge in [-0.25, -0.2) is 0 Å². The van der Waals surface area contributed by atoms with Crippen molar-refractivity contribution < 1.29 is 14.7 Å². The molecule has 0 bridgehead atoms. The molecular formula is C13H16O3. The molecule has 1 aromatic carbocycles. The largest absolute Gasteiger partial charge is 0.481 e. The van der Waals surface area contributed by atoms with Crippen molar-refractivity contribution in [2.75, 3.05) is 0 Å². The summed E-state index contributed by atoms with van der Waals surface area (Å²) in [7, 11) is 0. The number of carbonyl (C=O) groups is 2. The second-order valence-corrected chi connectivity index (χ2v) is 4.15. The van der Waals surface area contributed by atoms with Gasteiger partial charge in [0.1, 0.15) is 6.29 Å². The van der Waals surface area contributed by atoms with Crippen LogP contribution in [0.2, 0.25) is 0 Å². The zero-order valence-electron chi connectivity index (χ0n) is 9.56. The van der Waals surface area contributed by atoms with E-state index in [0.717, 1.165) is 23.0 Å². The smallest absolute Gasteiger partial charge is 0.307 e. The third-order valence-corrected chi connectivity index (χ3v) is 2.54. The summed E-state index contributed by atoms with van der Waals surface area (Å²) in [6.07, 6.45) is 1.69. The Hall–Kier alpha value is -1.64. The van der Waals surface area contributed by atoms with Gasteiger partial charge in [0.2, 0.25) is 0 Å². The molecule has 1 aromatic rings. The van der Waals surface area contributed by atoms with Gasteiger partial charge >= 0.3 is 5.97 Å². The zero-order chi connectivity index (χ0) is 12.1. The normalized spacial score (nSPS) is 12.1. The Morgan fingerprint density at radius 1 is 1.50 bits per heavy atom. The number of aliphatic carboxylic acids is 1. The van der Waals surface area contributed by atoms with E-state index in [9.17, 15) is 9.59 Å². The molecule has 1 unspecified atom stereocenters. The molecule has 0 amide bonds. The monoisotopic (exact) mass is 220 g/mol. The van der Waals surface area contributed by atoms with Gasteiger partial charge in [-0.1, -0.05) is 25.1 Å². The van der Waals surface area contributed by atoms with Gasteiger partial charge in [0.15, 0.2) is 0 Å². The van der Waals surface area contributed by atoms with E-state index in [0.29, 0.717) is 6.42 Å². The fourth-order valence-electron chi connectivity index (χ4n) is 1.67. The van der Waals surface area contributed by atoms with E-state index in [2.05, 4.69) is 0 Å². The van der Waals surface area contributed by atoms with Crippen LogP contribution in [0.5, 0.6) is 0 Å². The second kappa shape index (κ2) is 5.45. The van der Waals surface area contributed by atoms with E-state index >= 15 is 0 Å². The Morgan fingerprint density at radius 3 is 2.69 bits per heavy atom. The molecule has 86 valence electrons. The molecule has 16 heavy (non-hydrogen) atoms. The van der Waals surface area contributed by atoms with E-state index in [4.69, 9.17) is 5.11 Å². The summed E-state index contributed by atoms with van der Waals surface area (Å²) in [5.41, 5.74) is 2.95. The average molecular weight is 220 g/mol. The predicted octanol–water partition coefficient (Wildman–Crippen LogP) is 2.00. The lowest BCUT2D eigenvalue weighted by atomic mass is 9.96. The first-order chi connectivity index (χ1) is 7.52. The van der Waals surface area contributed by atoms with Crippen molar-refractivity contribution in [2.45, 2.75) is 26.7 Å². The number of aryl methyl sites for hydroxylation is 1. The van der Waals surface area contributed by atoms with Crippen molar-refractivity contribution in [1.29, 1.82) is 0 Å². The molecule has 0 aliphatic heterocycles. The zero-order valence-corrected chi connectivity index (χ0v) is 9.56. The minimum absolute atomic E-state index is 0.00373. The van der Waals surface area contributed by atoms with E-state index in [1.807, 2.05) is 32.0 Å². The number of aldehydes is 1. The number of hydrogen-bond donors (Lipinski definition) is 1. The molecule has 0 radical (unpaired) electrons. The summed E-state index contributed by atoms with van der Waals surface area (Å²) in [5, 5.41) is 8.66. The standard InChI is InChI=1S/C13H16O3/c1-9(8-14)5-12-4-3-11(6-10(12)2)7-13(15)16/h3-4,6,8-9H,5,7H2,1-2H3,(H,15,16). The Balaban J connectivity index is 2.82. The Morgan fingerprint density at radius 2 is 2.19 bits per heavy atom. The fourth-order valence-corrected chi connectivity index (χ4v) is 1.67. The average Bonchev–Trinajstić information content (AvgIpc) is 2.21. The maximum Gasteiger partial charge on any atom is 0.307 e. The summed E-state index contributed by atoms with van der Waals surface area (Å²) in [5.74, 6) is -0.822. The molecule has 0 aliphatic rings. The summed E-state index contributed by atoms with van der Waals surface area (Å²) in [4.78, 5) is 21.1. The quantitative estimate of drug-likeness (QED) is 0.772. The maximum absolute atomic E-state index is 10.6. The van der Waals surface area contributed by atoms with Crippen LogP contribution in [-0.2, 0) is 22.4 Å². The van der Waals surface area contributed by atoms with Gasteiger partial charge in [-0.05, 0) is 30.0 Å². The first-order valence-electron chi connectivity index (χ1n) is 5.28. The molecule has 0 spiro atoms. The summed E-state index contributed by atoms with van der Waals surface area (Å²) in [6, 6.07) is 5.60. The number of hydrogen-bond acceptors (Lipinski definition) is 2. The first kappa shape index (κ1) is 12.4. The molecule has 1 N–H and O–H groups in total. The SMILES string of the molecule is Cc1cc(CC(=O)O)ccc1CC(C)C=O. The lowest BCUT2D eigenvalue weighted by Gasteiger charge is -2.09. The molecule has 0 aliphatic carbocycles. The van der Waals surface area contributed by atoms with E-state index in [-0.39, 0.29) is 12.3 Å². The fraction of sp³-hybridized carbons (Fsp3) is 0.385. The molecule has 0 heterocycles. The van der Waals surface area contributed by atoms with Crippen LogP contribution in [0.25, 0.3) is 0 Å². The molecular weight excluding hydrogens is 204 g/mol. The first-order valence-corrected chi connectivity index (χ1v) is 5.28. The van der Waals surface area contributed by atoms with Crippen LogP contribution in [0.1, 0.15) is 23.6 Å². The topological polar surface area (TPSA) is 54.4 Å². The number of carbonyl (C=O) groups excluding carboxylic acids is 1. The molecule has 1 rings (SSSR count). The number of carboxylic acids is 1. The van der Waals surface area contributed by atoms with E-state index in [1.54, 1.807) is 0 Å². The van der Waals surface area contributed by atoms with Gasteiger partial charge < -0.3 is 9.90 Å². The molecule has 0 saturated carbocycles. The number of rotatable bonds is 5. The molecule has 0 fully saturated rings. The van der Waals surface area contributed by atoms with E-state index < -0.39 is 5.97 Å². The minimum atomic E-state index is -0.826. The van der Waals surface area contributed by atoms with Gasteiger partial charge in [-0.3, -0.25) is 4.79 Å².